The van der Waals surface area contributed by atoms with Crippen molar-refractivity contribution in [2.75, 3.05) is 33.7 Å². The van der Waals surface area contributed by atoms with E-state index in [1.165, 1.54) is 5.56 Å². The maximum atomic E-state index is 11.6. The minimum atomic E-state index is -0.490. The van der Waals surface area contributed by atoms with Crippen LogP contribution >= 0.6 is 0 Å². The fourth-order valence-corrected chi connectivity index (χ4v) is 2.29. The van der Waals surface area contributed by atoms with Crippen LogP contribution < -0.4 is 16.0 Å². The topological polar surface area (TPSA) is 78.0 Å². The van der Waals surface area contributed by atoms with E-state index >= 15 is 0 Å². The van der Waals surface area contributed by atoms with Crippen molar-refractivity contribution in [1.82, 2.24) is 20.9 Å². The molecule has 0 aliphatic heterocycles. The number of rotatable bonds is 8. The average Bonchev–Trinajstić information content (AvgIpc) is 2.55. The van der Waals surface area contributed by atoms with E-state index in [1.807, 2.05) is 27.7 Å². The van der Waals surface area contributed by atoms with E-state index in [0.717, 1.165) is 24.6 Å². The number of carbonyl (C=O) groups is 1. The first-order valence-corrected chi connectivity index (χ1v) is 9.41. The number of aliphatic imine (C=N–C) groups is 1. The molecule has 0 heterocycles. The number of benzene rings is 1. The van der Waals surface area contributed by atoms with Crippen LogP contribution in [0, 0.1) is 0 Å². The van der Waals surface area contributed by atoms with Gasteiger partial charge in [-0.1, -0.05) is 24.3 Å². The SMILES string of the molecule is CCNC(=NCc1ccc(CN(C)C)cc1)NCCNC(=O)OC(C)(C)C. The number of nitrogens with zero attached hydrogens (tertiary/aromatic N) is 2. The molecule has 1 amide bonds. The molecule has 0 atom stereocenters. The molecule has 0 bridgehead atoms. The second-order valence-corrected chi connectivity index (χ2v) is 7.60. The fraction of sp³-hybridized carbons (Fsp3) is 0.600. The Labute approximate surface area is 163 Å². The van der Waals surface area contributed by atoms with E-state index in [1.54, 1.807) is 0 Å². The average molecular weight is 378 g/mol. The van der Waals surface area contributed by atoms with Crippen LogP contribution in [0.4, 0.5) is 4.79 Å². The first-order valence-electron chi connectivity index (χ1n) is 9.41. The van der Waals surface area contributed by atoms with Crippen molar-refractivity contribution in [3.8, 4) is 0 Å². The number of amides is 1. The van der Waals surface area contributed by atoms with E-state index < -0.39 is 11.7 Å². The van der Waals surface area contributed by atoms with Crippen molar-refractivity contribution in [3.63, 3.8) is 0 Å². The van der Waals surface area contributed by atoms with Crippen LogP contribution in [0.2, 0.25) is 0 Å². The Morgan fingerprint density at radius 1 is 1.04 bits per heavy atom. The normalized spacial score (nSPS) is 12.0. The van der Waals surface area contributed by atoms with E-state index in [4.69, 9.17) is 4.74 Å². The van der Waals surface area contributed by atoms with Crippen LogP contribution in [0.3, 0.4) is 0 Å². The van der Waals surface area contributed by atoms with Crippen LogP contribution in [0.1, 0.15) is 38.8 Å². The van der Waals surface area contributed by atoms with Gasteiger partial charge in [-0.2, -0.15) is 0 Å². The van der Waals surface area contributed by atoms with Gasteiger partial charge in [0, 0.05) is 26.2 Å². The largest absolute Gasteiger partial charge is 0.444 e. The highest BCUT2D eigenvalue weighted by molar-refractivity contribution is 5.79. The molecule has 27 heavy (non-hydrogen) atoms. The molecule has 0 spiro atoms. The molecule has 152 valence electrons. The van der Waals surface area contributed by atoms with Crippen molar-refractivity contribution in [2.45, 2.75) is 46.4 Å². The highest BCUT2D eigenvalue weighted by Gasteiger charge is 2.15. The third kappa shape index (κ3) is 11.1. The van der Waals surface area contributed by atoms with Gasteiger partial charge in [0.05, 0.1) is 6.54 Å². The zero-order valence-electron chi connectivity index (χ0n) is 17.6. The lowest BCUT2D eigenvalue weighted by molar-refractivity contribution is 0.0529. The smallest absolute Gasteiger partial charge is 0.407 e. The number of alkyl carbamates (subject to hydrolysis) is 1. The lowest BCUT2D eigenvalue weighted by atomic mass is 10.1. The summed E-state index contributed by atoms with van der Waals surface area (Å²) in [6.45, 7) is 10.9. The Kier molecular flexibility index (Phi) is 9.64. The summed E-state index contributed by atoms with van der Waals surface area (Å²) in [5.74, 6) is 0.723. The van der Waals surface area contributed by atoms with E-state index in [2.05, 4.69) is 64.2 Å². The number of guanidine groups is 1. The van der Waals surface area contributed by atoms with E-state index in [0.29, 0.717) is 19.6 Å². The number of nitrogens with one attached hydrogen (secondary N) is 3. The quantitative estimate of drug-likeness (QED) is 0.368. The minimum Gasteiger partial charge on any atom is -0.444 e. The van der Waals surface area contributed by atoms with Gasteiger partial charge in [-0.25, -0.2) is 9.79 Å². The Morgan fingerprint density at radius 3 is 2.19 bits per heavy atom. The number of ether oxygens (including phenoxy) is 1. The van der Waals surface area contributed by atoms with Crippen molar-refractivity contribution in [1.29, 1.82) is 0 Å². The predicted octanol–water partition coefficient (Wildman–Crippen LogP) is 2.33. The van der Waals surface area contributed by atoms with E-state index in [-0.39, 0.29) is 0 Å². The Bertz CT molecular complexity index is 591. The molecule has 0 fully saturated rings. The first kappa shape index (κ1) is 22.8. The molecule has 1 aromatic carbocycles. The van der Waals surface area contributed by atoms with Gasteiger partial charge >= 0.3 is 6.09 Å². The molecule has 0 saturated heterocycles. The molecular formula is C20H35N5O2. The lowest BCUT2D eigenvalue weighted by Crippen LogP contribution is -2.42. The minimum absolute atomic E-state index is 0.413. The van der Waals surface area contributed by atoms with Gasteiger partial charge in [0.15, 0.2) is 5.96 Å². The summed E-state index contributed by atoms with van der Waals surface area (Å²) in [6.07, 6.45) is -0.413. The summed E-state index contributed by atoms with van der Waals surface area (Å²) in [6, 6.07) is 8.48. The highest BCUT2D eigenvalue weighted by atomic mass is 16.6. The molecule has 3 N–H and O–H groups in total. The van der Waals surface area contributed by atoms with Crippen LogP contribution in [0.5, 0.6) is 0 Å². The highest BCUT2D eigenvalue weighted by Crippen LogP contribution is 2.07. The second kappa shape index (κ2) is 11.4. The Balaban J connectivity index is 2.44. The zero-order chi connectivity index (χ0) is 20.3. The first-order chi connectivity index (χ1) is 12.7. The van der Waals surface area contributed by atoms with Gasteiger partial charge < -0.3 is 25.6 Å². The number of carbonyl (C=O) groups excluding carboxylic acids is 1. The second-order valence-electron chi connectivity index (χ2n) is 7.60. The monoisotopic (exact) mass is 377 g/mol. The van der Waals surface area contributed by atoms with Crippen LogP contribution in [-0.4, -0.2) is 56.3 Å². The summed E-state index contributed by atoms with van der Waals surface area (Å²) in [5.41, 5.74) is 1.95. The van der Waals surface area contributed by atoms with Gasteiger partial charge in [0.1, 0.15) is 5.60 Å². The van der Waals surface area contributed by atoms with E-state index in [9.17, 15) is 4.79 Å². The maximum absolute atomic E-state index is 11.6. The van der Waals surface area contributed by atoms with Gasteiger partial charge in [-0.15, -0.1) is 0 Å². The summed E-state index contributed by atoms with van der Waals surface area (Å²) in [7, 11) is 4.12. The molecular weight excluding hydrogens is 342 g/mol. The van der Waals surface area contributed by atoms with Crippen molar-refractivity contribution in [3.05, 3.63) is 35.4 Å². The third-order valence-electron chi connectivity index (χ3n) is 3.37. The number of hydrogen-bond acceptors (Lipinski definition) is 4. The van der Waals surface area contributed by atoms with Crippen LogP contribution in [0.25, 0.3) is 0 Å². The standard InChI is InChI=1S/C20H35N5O2/c1-7-21-18(22-12-13-23-19(26)27-20(2,3)4)24-14-16-8-10-17(11-9-16)15-25(5)6/h8-11H,7,12-15H2,1-6H3,(H,23,26)(H2,21,22,24). The molecule has 0 radical (unpaired) electrons. The molecule has 1 aromatic rings. The summed E-state index contributed by atoms with van der Waals surface area (Å²) in [4.78, 5) is 18.4. The van der Waals surface area contributed by atoms with Crippen LogP contribution in [-0.2, 0) is 17.8 Å². The van der Waals surface area contributed by atoms with Crippen molar-refractivity contribution >= 4 is 12.1 Å². The molecule has 0 saturated carbocycles. The van der Waals surface area contributed by atoms with Crippen molar-refractivity contribution < 1.29 is 9.53 Å². The number of hydrogen-bond donors (Lipinski definition) is 3. The maximum Gasteiger partial charge on any atom is 0.407 e. The summed E-state index contributed by atoms with van der Waals surface area (Å²) in [5, 5.41) is 9.14. The molecule has 7 heteroatoms. The Hall–Kier alpha value is -2.28. The van der Waals surface area contributed by atoms with Gasteiger partial charge in [0.2, 0.25) is 0 Å². The van der Waals surface area contributed by atoms with Gasteiger partial charge in [0.25, 0.3) is 0 Å². The molecule has 0 aliphatic rings. The van der Waals surface area contributed by atoms with Crippen LogP contribution in [0.15, 0.2) is 29.3 Å². The zero-order valence-corrected chi connectivity index (χ0v) is 17.6. The Morgan fingerprint density at radius 2 is 1.63 bits per heavy atom. The third-order valence-corrected chi connectivity index (χ3v) is 3.37. The fourth-order valence-electron chi connectivity index (χ4n) is 2.29. The predicted molar refractivity (Wildman–Crippen MR) is 111 cm³/mol. The van der Waals surface area contributed by atoms with Gasteiger partial charge in [-0.05, 0) is 52.9 Å². The molecule has 7 nitrogen and oxygen atoms in total. The summed E-state index contributed by atoms with van der Waals surface area (Å²) < 4.78 is 5.20. The molecule has 0 aromatic heterocycles. The van der Waals surface area contributed by atoms with Crippen molar-refractivity contribution in [2.24, 2.45) is 4.99 Å². The lowest BCUT2D eigenvalue weighted by Gasteiger charge is -2.19. The van der Waals surface area contributed by atoms with Gasteiger partial charge in [-0.3, -0.25) is 0 Å². The summed E-state index contributed by atoms with van der Waals surface area (Å²) >= 11 is 0. The molecule has 1 rings (SSSR count). The molecule has 0 aliphatic carbocycles. The molecule has 0 unspecified atom stereocenters.